The molecular weight excluding hydrogens is 312 g/mol. The van der Waals surface area contributed by atoms with Crippen molar-refractivity contribution in [1.29, 1.82) is 0 Å². The summed E-state index contributed by atoms with van der Waals surface area (Å²) in [6.45, 7) is 0. The molecule has 0 bridgehead atoms. The van der Waals surface area contributed by atoms with Crippen LogP contribution in [0.3, 0.4) is 0 Å². The first-order chi connectivity index (χ1) is 9.10. The van der Waals surface area contributed by atoms with Crippen LogP contribution in [0.2, 0.25) is 0 Å². The highest BCUT2D eigenvalue weighted by Crippen LogP contribution is 2.30. The number of rotatable bonds is 3. The fourth-order valence-electron chi connectivity index (χ4n) is 1.33. The van der Waals surface area contributed by atoms with Gasteiger partial charge in [0.1, 0.15) is 5.75 Å². The molecule has 0 saturated carbocycles. The largest absolute Gasteiger partial charge is 0.436 e. The molecule has 0 fully saturated rings. The van der Waals surface area contributed by atoms with Crippen LogP contribution in [-0.4, -0.2) is 23.2 Å². The average molecular weight is 323 g/mol. The van der Waals surface area contributed by atoms with Crippen molar-refractivity contribution in [3.05, 3.63) is 40.5 Å². The summed E-state index contributed by atoms with van der Waals surface area (Å²) in [6, 6.07) is 8.28. The Labute approximate surface area is 118 Å². The molecule has 2 rings (SSSR count). The molecule has 0 aliphatic carbocycles. The van der Waals surface area contributed by atoms with Gasteiger partial charge in [-0.25, -0.2) is 0 Å². The second-order valence-electron chi connectivity index (χ2n) is 3.63. The maximum absolute atomic E-state index is 11.3. The van der Waals surface area contributed by atoms with Gasteiger partial charge in [0, 0.05) is 24.9 Å². The minimum atomic E-state index is -0.302. The number of anilines is 1. The van der Waals surface area contributed by atoms with Gasteiger partial charge >= 0.3 is 0 Å². The van der Waals surface area contributed by atoms with Gasteiger partial charge in [-0.3, -0.25) is 4.79 Å². The summed E-state index contributed by atoms with van der Waals surface area (Å²) >= 11 is 3.34. The van der Waals surface area contributed by atoms with Crippen LogP contribution in [0.1, 0.15) is 10.5 Å². The average Bonchev–Trinajstić information content (AvgIpc) is 2.43. The van der Waals surface area contributed by atoms with E-state index in [1.807, 2.05) is 0 Å². The third-order valence-electron chi connectivity index (χ3n) is 2.27. The van der Waals surface area contributed by atoms with Crippen LogP contribution in [-0.2, 0) is 0 Å². The normalized spacial score (nSPS) is 10.0. The van der Waals surface area contributed by atoms with Crippen LogP contribution >= 0.6 is 15.9 Å². The predicted molar refractivity (Wildman–Crippen MR) is 74.1 cm³/mol. The van der Waals surface area contributed by atoms with Crippen molar-refractivity contribution >= 4 is 27.5 Å². The van der Waals surface area contributed by atoms with Crippen LogP contribution < -0.4 is 15.8 Å². The number of nitrogens with zero attached hydrogens (tertiary/aromatic N) is 2. The van der Waals surface area contributed by atoms with Crippen molar-refractivity contribution in [2.75, 3.05) is 12.8 Å². The summed E-state index contributed by atoms with van der Waals surface area (Å²) in [5.41, 5.74) is 6.47. The Morgan fingerprint density at radius 1 is 1.32 bits per heavy atom. The third-order valence-corrected chi connectivity index (χ3v) is 2.92. The molecule has 0 unspecified atom stereocenters. The maximum Gasteiger partial charge on any atom is 0.271 e. The first-order valence-electron chi connectivity index (χ1n) is 5.39. The molecule has 1 amide bonds. The molecule has 7 heteroatoms. The highest BCUT2D eigenvalue weighted by molar-refractivity contribution is 9.10. The molecule has 1 aromatic heterocycles. The second-order valence-corrected chi connectivity index (χ2v) is 4.48. The number of carbonyl (C=O) groups excluding carboxylic acids is 1. The Morgan fingerprint density at radius 3 is 2.74 bits per heavy atom. The lowest BCUT2D eigenvalue weighted by Crippen LogP contribution is -2.19. The lowest BCUT2D eigenvalue weighted by molar-refractivity contribution is 0.0957. The molecular formula is C12H11BrN4O2. The zero-order valence-corrected chi connectivity index (χ0v) is 11.6. The van der Waals surface area contributed by atoms with Gasteiger partial charge in [-0.15, -0.1) is 10.2 Å². The molecule has 98 valence electrons. The number of hydrogen-bond donors (Lipinski definition) is 2. The topological polar surface area (TPSA) is 90.1 Å². The summed E-state index contributed by atoms with van der Waals surface area (Å²) in [5, 5.41) is 10.0. The summed E-state index contributed by atoms with van der Waals surface area (Å²) in [6.07, 6.45) is 0. The van der Waals surface area contributed by atoms with Crippen molar-refractivity contribution in [2.45, 2.75) is 0 Å². The number of nitrogens with two attached hydrogens (primary N) is 1. The fourth-order valence-corrected chi connectivity index (χ4v) is 1.66. The Bertz CT molecular complexity index is 601. The number of amides is 1. The van der Waals surface area contributed by atoms with Gasteiger partial charge in [-0.05, 0) is 34.1 Å². The van der Waals surface area contributed by atoms with Gasteiger partial charge in [0.15, 0.2) is 5.69 Å². The predicted octanol–water partition coefficient (Wildman–Crippen LogP) is 1.97. The quantitative estimate of drug-likeness (QED) is 0.843. The van der Waals surface area contributed by atoms with Crippen LogP contribution in [0.5, 0.6) is 11.6 Å². The number of nitrogens with one attached hydrogen (secondary N) is 1. The maximum atomic E-state index is 11.3. The van der Waals surface area contributed by atoms with E-state index in [1.54, 1.807) is 24.3 Å². The fraction of sp³-hybridized carbons (Fsp3) is 0.0833. The molecule has 1 aromatic carbocycles. The molecule has 1 heterocycles. The number of ether oxygens (including phenoxy) is 1. The smallest absolute Gasteiger partial charge is 0.271 e. The Morgan fingerprint density at radius 2 is 2.11 bits per heavy atom. The van der Waals surface area contributed by atoms with Gasteiger partial charge in [0.05, 0.1) is 4.47 Å². The highest BCUT2D eigenvalue weighted by atomic mass is 79.9. The molecule has 0 aliphatic rings. The molecule has 0 aliphatic heterocycles. The van der Waals surface area contributed by atoms with E-state index in [1.165, 1.54) is 13.1 Å². The van der Waals surface area contributed by atoms with Crippen molar-refractivity contribution < 1.29 is 9.53 Å². The van der Waals surface area contributed by atoms with Gasteiger partial charge < -0.3 is 15.8 Å². The SMILES string of the molecule is CNC(=O)c1ccc(Oc2cc(N)ccc2Br)nn1. The van der Waals surface area contributed by atoms with E-state index in [2.05, 4.69) is 31.4 Å². The Kier molecular flexibility index (Phi) is 3.96. The number of hydrogen-bond acceptors (Lipinski definition) is 5. The number of benzene rings is 1. The van der Waals surface area contributed by atoms with Crippen molar-refractivity contribution in [2.24, 2.45) is 0 Å². The molecule has 6 nitrogen and oxygen atoms in total. The highest BCUT2D eigenvalue weighted by Gasteiger charge is 2.08. The Balaban J connectivity index is 2.19. The van der Waals surface area contributed by atoms with E-state index < -0.39 is 0 Å². The minimum Gasteiger partial charge on any atom is -0.436 e. The minimum absolute atomic E-state index is 0.224. The summed E-state index contributed by atoms with van der Waals surface area (Å²) < 4.78 is 6.28. The zero-order chi connectivity index (χ0) is 13.8. The summed E-state index contributed by atoms with van der Waals surface area (Å²) in [4.78, 5) is 11.3. The van der Waals surface area contributed by atoms with Gasteiger partial charge in [0.25, 0.3) is 5.91 Å². The molecule has 0 saturated heterocycles. The lowest BCUT2D eigenvalue weighted by Gasteiger charge is -2.07. The van der Waals surface area contributed by atoms with E-state index in [-0.39, 0.29) is 17.5 Å². The molecule has 0 radical (unpaired) electrons. The number of carbonyl (C=O) groups is 1. The summed E-state index contributed by atoms with van der Waals surface area (Å²) in [5.74, 6) is 0.505. The van der Waals surface area contributed by atoms with Crippen LogP contribution in [0, 0.1) is 0 Å². The second kappa shape index (κ2) is 5.66. The number of halogens is 1. The molecule has 0 atom stereocenters. The Hall–Kier alpha value is -2.15. The molecule has 3 N–H and O–H groups in total. The van der Waals surface area contributed by atoms with Gasteiger partial charge in [-0.1, -0.05) is 0 Å². The molecule has 0 spiro atoms. The lowest BCUT2D eigenvalue weighted by atomic mass is 10.3. The molecule has 19 heavy (non-hydrogen) atoms. The van der Waals surface area contributed by atoms with E-state index >= 15 is 0 Å². The first kappa shape index (κ1) is 13.3. The summed E-state index contributed by atoms with van der Waals surface area (Å²) in [7, 11) is 1.53. The number of aromatic nitrogens is 2. The van der Waals surface area contributed by atoms with Crippen molar-refractivity contribution in [3.8, 4) is 11.6 Å². The standard InChI is InChI=1S/C12H11BrN4O2/c1-15-12(18)9-4-5-11(17-16-9)19-10-6-7(14)2-3-8(10)13/h2-6H,14H2,1H3,(H,15,18). The third kappa shape index (κ3) is 3.19. The van der Waals surface area contributed by atoms with Crippen LogP contribution in [0.25, 0.3) is 0 Å². The monoisotopic (exact) mass is 322 g/mol. The van der Waals surface area contributed by atoms with E-state index in [9.17, 15) is 4.79 Å². The van der Waals surface area contributed by atoms with Crippen LogP contribution in [0.15, 0.2) is 34.8 Å². The molecule has 2 aromatic rings. The number of nitrogen functional groups attached to an aromatic ring is 1. The first-order valence-corrected chi connectivity index (χ1v) is 6.18. The van der Waals surface area contributed by atoms with Gasteiger partial charge in [-0.2, -0.15) is 0 Å². The van der Waals surface area contributed by atoms with E-state index in [4.69, 9.17) is 10.5 Å². The van der Waals surface area contributed by atoms with Gasteiger partial charge in [0.2, 0.25) is 5.88 Å². The van der Waals surface area contributed by atoms with Crippen molar-refractivity contribution in [1.82, 2.24) is 15.5 Å². The van der Waals surface area contributed by atoms with E-state index in [0.29, 0.717) is 11.4 Å². The van der Waals surface area contributed by atoms with Crippen LogP contribution in [0.4, 0.5) is 5.69 Å². The van der Waals surface area contributed by atoms with Crippen molar-refractivity contribution in [3.63, 3.8) is 0 Å². The van der Waals surface area contributed by atoms with E-state index in [0.717, 1.165) is 4.47 Å². The zero-order valence-electron chi connectivity index (χ0n) is 10.1.